The predicted octanol–water partition coefficient (Wildman–Crippen LogP) is 4.88. The molecule has 0 spiro atoms. The molecule has 4 rings (SSSR count). The molecule has 0 unspecified atom stereocenters. The lowest BCUT2D eigenvalue weighted by atomic mass is 10.1. The van der Waals surface area contributed by atoms with Gasteiger partial charge in [0.2, 0.25) is 0 Å². The molecule has 0 saturated carbocycles. The van der Waals surface area contributed by atoms with Crippen LogP contribution in [-0.2, 0) is 4.79 Å². The first-order valence-electron chi connectivity index (χ1n) is 8.00. The number of ether oxygens (including phenoxy) is 2. The van der Waals surface area contributed by atoms with Gasteiger partial charge in [-0.2, -0.15) is 0 Å². The fourth-order valence-electron chi connectivity index (χ4n) is 2.71. The van der Waals surface area contributed by atoms with Crippen LogP contribution in [0.1, 0.15) is 5.56 Å². The zero-order chi connectivity index (χ0) is 17.2. The second-order valence-electron chi connectivity index (χ2n) is 5.83. The summed E-state index contributed by atoms with van der Waals surface area (Å²) >= 11 is 0. The summed E-state index contributed by atoms with van der Waals surface area (Å²) in [5.41, 5.74) is 2.70. The second-order valence-corrected chi connectivity index (χ2v) is 5.83. The van der Waals surface area contributed by atoms with Crippen molar-refractivity contribution in [3.8, 4) is 11.5 Å². The van der Waals surface area contributed by atoms with E-state index in [1.165, 1.54) is 0 Å². The number of hydrogen-bond acceptors (Lipinski definition) is 4. The van der Waals surface area contributed by atoms with Crippen LogP contribution in [0.5, 0.6) is 11.5 Å². The maximum absolute atomic E-state index is 12.0. The third-order valence-corrected chi connectivity index (χ3v) is 3.96. The van der Waals surface area contributed by atoms with Gasteiger partial charge >= 0.3 is 5.97 Å². The molecule has 3 aromatic carbocycles. The molecular formula is C21H16O4. The average molecular weight is 332 g/mol. The van der Waals surface area contributed by atoms with Gasteiger partial charge in [0.05, 0.1) is 0 Å². The number of carbonyl (C=O) groups excluding carboxylic acids is 1. The highest BCUT2D eigenvalue weighted by molar-refractivity contribution is 6.05. The number of aryl methyl sites for hydroxylation is 1. The minimum Gasteiger partial charge on any atom is -0.482 e. The quantitative estimate of drug-likeness (QED) is 0.395. The Labute approximate surface area is 144 Å². The Balaban J connectivity index is 1.49. The first kappa shape index (κ1) is 15.3. The number of furan rings is 1. The summed E-state index contributed by atoms with van der Waals surface area (Å²) in [4.78, 5) is 12.0. The fraction of sp³-hybridized carbons (Fsp3) is 0.0952. The van der Waals surface area contributed by atoms with Gasteiger partial charge in [0, 0.05) is 10.8 Å². The van der Waals surface area contributed by atoms with Crippen molar-refractivity contribution in [2.45, 2.75) is 6.92 Å². The topological polar surface area (TPSA) is 48.7 Å². The molecule has 0 bridgehead atoms. The van der Waals surface area contributed by atoms with Crippen molar-refractivity contribution in [2.24, 2.45) is 0 Å². The van der Waals surface area contributed by atoms with Crippen molar-refractivity contribution in [3.05, 3.63) is 72.3 Å². The number of hydrogen-bond donors (Lipinski definition) is 0. The Kier molecular flexibility index (Phi) is 3.86. The zero-order valence-corrected chi connectivity index (χ0v) is 13.7. The summed E-state index contributed by atoms with van der Waals surface area (Å²) in [5.74, 6) is 0.656. The smallest absolute Gasteiger partial charge is 0.349 e. The van der Waals surface area contributed by atoms with Crippen LogP contribution in [0.15, 0.2) is 71.1 Å². The minimum atomic E-state index is -0.451. The fourth-order valence-corrected chi connectivity index (χ4v) is 2.71. The lowest BCUT2D eigenvalue weighted by molar-refractivity contribution is -0.136. The minimum absolute atomic E-state index is 0.146. The number of carbonyl (C=O) groups is 1. The maximum atomic E-state index is 12.0. The third-order valence-electron chi connectivity index (χ3n) is 3.96. The lowest BCUT2D eigenvalue weighted by Crippen LogP contribution is -2.17. The Morgan fingerprint density at radius 2 is 1.60 bits per heavy atom. The number of esters is 1. The SMILES string of the molecule is Cc1ccc(OCC(=O)Oc2ccc3oc4ccccc4c3c2)cc1. The summed E-state index contributed by atoms with van der Waals surface area (Å²) in [7, 11) is 0. The maximum Gasteiger partial charge on any atom is 0.349 e. The third kappa shape index (κ3) is 3.19. The van der Waals surface area contributed by atoms with Crippen LogP contribution in [0.2, 0.25) is 0 Å². The van der Waals surface area contributed by atoms with Crippen LogP contribution < -0.4 is 9.47 Å². The summed E-state index contributed by atoms with van der Waals surface area (Å²) in [5, 5.41) is 1.91. The Morgan fingerprint density at radius 3 is 2.44 bits per heavy atom. The van der Waals surface area contributed by atoms with Crippen molar-refractivity contribution in [2.75, 3.05) is 6.61 Å². The van der Waals surface area contributed by atoms with Crippen LogP contribution in [-0.4, -0.2) is 12.6 Å². The highest BCUT2D eigenvalue weighted by Crippen LogP contribution is 2.31. The first-order valence-corrected chi connectivity index (χ1v) is 8.00. The van der Waals surface area contributed by atoms with Crippen LogP contribution in [0, 0.1) is 6.92 Å². The van der Waals surface area contributed by atoms with Crippen molar-refractivity contribution >= 4 is 27.9 Å². The van der Waals surface area contributed by atoms with E-state index >= 15 is 0 Å². The van der Waals surface area contributed by atoms with Gasteiger partial charge in [-0.3, -0.25) is 0 Å². The first-order chi connectivity index (χ1) is 12.2. The van der Waals surface area contributed by atoms with Crippen molar-refractivity contribution in [3.63, 3.8) is 0 Å². The molecule has 1 heterocycles. The Hall–Kier alpha value is -3.27. The monoisotopic (exact) mass is 332 g/mol. The number of fused-ring (bicyclic) bond motifs is 3. The van der Waals surface area contributed by atoms with Crippen LogP contribution in [0.4, 0.5) is 0 Å². The van der Waals surface area contributed by atoms with Gasteiger partial charge in [-0.25, -0.2) is 4.79 Å². The summed E-state index contributed by atoms with van der Waals surface area (Å²) in [6.45, 7) is 1.85. The van der Waals surface area contributed by atoms with E-state index in [-0.39, 0.29) is 6.61 Å². The molecular weight excluding hydrogens is 316 g/mol. The van der Waals surface area contributed by atoms with Crippen molar-refractivity contribution in [1.29, 1.82) is 0 Å². The molecule has 0 radical (unpaired) electrons. The second kappa shape index (κ2) is 6.32. The van der Waals surface area contributed by atoms with E-state index in [9.17, 15) is 4.79 Å². The molecule has 0 aliphatic rings. The van der Waals surface area contributed by atoms with E-state index in [1.54, 1.807) is 12.1 Å². The van der Waals surface area contributed by atoms with Gasteiger partial charge in [-0.15, -0.1) is 0 Å². The largest absolute Gasteiger partial charge is 0.482 e. The van der Waals surface area contributed by atoms with Gasteiger partial charge in [0.1, 0.15) is 22.7 Å². The predicted molar refractivity (Wildman–Crippen MR) is 96.0 cm³/mol. The van der Waals surface area contributed by atoms with E-state index in [1.807, 2.05) is 61.5 Å². The van der Waals surface area contributed by atoms with Gasteiger partial charge < -0.3 is 13.9 Å². The molecule has 0 N–H and O–H groups in total. The molecule has 4 heteroatoms. The average Bonchev–Trinajstić information content (AvgIpc) is 2.99. The van der Waals surface area contributed by atoms with Gasteiger partial charge in [-0.05, 0) is 43.3 Å². The van der Waals surface area contributed by atoms with E-state index in [4.69, 9.17) is 13.9 Å². The van der Waals surface area contributed by atoms with Crippen LogP contribution in [0.25, 0.3) is 21.9 Å². The molecule has 0 aliphatic heterocycles. The van der Waals surface area contributed by atoms with Gasteiger partial charge in [0.15, 0.2) is 6.61 Å². The van der Waals surface area contributed by atoms with E-state index < -0.39 is 5.97 Å². The molecule has 4 nitrogen and oxygen atoms in total. The summed E-state index contributed by atoms with van der Waals surface area (Å²) in [6, 6.07) is 20.6. The zero-order valence-electron chi connectivity index (χ0n) is 13.7. The Bertz CT molecular complexity index is 1040. The van der Waals surface area contributed by atoms with Gasteiger partial charge in [0.25, 0.3) is 0 Å². The summed E-state index contributed by atoms with van der Waals surface area (Å²) in [6.07, 6.45) is 0. The van der Waals surface area contributed by atoms with E-state index in [0.29, 0.717) is 11.5 Å². The van der Waals surface area contributed by atoms with Crippen molar-refractivity contribution in [1.82, 2.24) is 0 Å². The molecule has 25 heavy (non-hydrogen) atoms. The summed E-state index contributed by atoms with van der Waals surface area (Å²) < 4.78 is 16.6. The highest BCUT2D eigenvalue weighted by atomic mass is 16.6. The molecule has 124 valence electrons. The van der Waals surface area contributed by atoms with Gasteiger partial charge in [-0.1, -0.05) is 35.9 Å². The standard InChI is InChI=1S/C21H16O4/c1-14-6-8-15(9-7-14)23-13-21(22)24-16-10-11-20-18(12-16)17-4-2-3-5-19(17)25-20/h2-12H,13H2,1H3. The highest BCUT2D eigenvalue weighted by Gasteiger charge is 2.10. The molecule has 0 aliphatic carbocycles. The van der Waals surface area contributed by atoms with Crippen LogP contribution in [0.3, 0.4) is 0 Å². The molecule has 1 aromatic heterocycles. The normalized spacial score (nSPS) is 10.9. The number of benzene rings is 3. The lowest BCUT2D eigenvalue weighted by Gasteiger charge is -2.07. The molecule has 0 fully saturated rings. The van der Waals surface area contributed by atoms with E-state index in [2.05, 4.69) is 0 Å². The molecule has 4 aromatic rings. The molecule has 0 saturated heterocycles. The van der Waals surface area contributed by atoms with Crippen LogP contribution >= 0.6 is 0 Å². The Morgan fingerprint density at radius 1 is 0.880 bits per heavy atom. The number of para-hydroxylation sites is 1. The van der Waals surface area contributed by atoms with E-state index in [0.717, 1.165) is 27.5 Å². The number of rotatable bonds is 4. The molecule has 0 atom stereocenters. The molecule has 0 amide bonds. The van der Waals surface area contributed by atoms with Crippen molar-refractivity contribution < 1.29 is 18.7 Å².